The molecule has 0 saturated carbocycles. The third-order valence-corrected chi connectivity index (χ3v) is 3.95. The lowest BCUT2D eigenvalue weighted by atomic mass is 9.75. The quantitative estimate of drug-likeness (QED) is 0.755. The van der Waals surface area contributed by atoms with Crippen LogP contribution in [0.5, 0.6) is 0 Å². The van der Waals surface area contributed by atoms with Gasteiger partial charge in [0, 0.05) is 18.1 Å². The van der Waals surface area contributed by atoms with Gasteiger partial charge < -0.3 is 10.6 Å². The van der Waals surface area contributed by atoms with Crippen LogP contribution in [0.3, 0.4) is 0 Å². The average molecular weight is 283 g/mol. The molecule has 0 bridgehead atoms. The first-order chi connectivity index (χ1) is 9.10. The molecule has 0 atom stereocenters. The van der Waals surface area contributed by atoms with Gasteiger partial charge in [-0.2, -0.15) is 0 Å². The Balaban J connectivity index is 2.95. The minimum absolute atomic E-state index is 0.0927. The Hall–Kier alpha value is -1.06. The van der Waals surface area contributed by atoms with Gasteiger partial charge in [0.1, 0.15) is 0 Å². The summed E-state index contributed by atoms with van der Waals surface area (Å²) in [5.41, 5.74) is 0.571. The topological polar surface area (TPSA) is 41.1 Å². The maximum atomic E-state index is 12.5. The van der Waals surface area contributed by atoms with Gasteiger partial charge in [-0.3, -0.25) is 4.79 Å². The molecule has 4 heteroatoms. The Labute approximate surface area is 120 Å². The predicted octanol–water partition coefficient (Wildman–Crippen LogP) is 2.73. The molecule has 0 aliphatic rings. The van der Waals surface area contributed by atoms with Crippen molar-refractivity contribution in [3.05, 3.63) is 34.9 Å². The van der Waals surface area contributed by atoms with E-state index in [4.69, 9.17) is 11.6 Å². The Bertz CT molecular complexity index is 399. The van der Waals surface area contributed by atoms with Crippen molar-refractivity contribution in [1.29, 1.82) is 0 Å². The van der Waals surface area contributed by atoms with Gasteiger partial charge in [0.2, 0.25) is 5.91 Å². The van der Waals surface area contributed by atoms with Crippen LogP contribution in [0.4, 0.5) is 0 Å². The zero-order chi connectivity index (χ0) is 14.3. The summed E-state index contributed by atoms with van der Waals surface area (Å²) in [6.45, 7) is 5.52. The van der Waals surface area contributed by atoms with Crippen LogP contribution in [0.1, 0.15) is 32.3 Å². The van der Waals surface area contributed by atoms with Gasteiger partial charge >= 0.3 is 0 Å². The van der Waals surface area contributed by atoms with Crippen molar-refractivity contribution in [3.8, 4) is 0 Å². The highest BCUT2D eigenvalue weighted by Crippen LogP contribution is 2.32. The third-order valence-electron chi connectivity index (χ3n) is 3.70. The molecule has 0 saturated heterocycles. The molecule has 1 amide bonds. The molecule has 0 fully saturated rings. The largest absolute Gasteiger partial charge is 0.354 e. The summed E-state index contributed by atoms with van der Waals surface area (Å²) in [6, 6.07) is 7.59. The first kappa shape index (κ1) is 16.0. The highest BCUT2D eigenvalue weighted by atomic mass is 35.5. The molecule has 2 N–H and O–H groups in total. The van der Waals surface area contributed by atoms with Crippen molar-refractivity contribution < 1.29 is 4.79 Å². The summed E-state index contributed by atoms with van der Waals surface area (Å²) >= 11 is 5.92. The van der Waals surface area contributed by atoms with Crippen molar-refractivity contribution in [2.75, 3.05) is 20.1 Å². The van der Waals surface area contributed by atoms with E-state index in [1.807, 2.05) is 31.3 Å². The van der Waals surface area contributed by atoms with Crippen molar-refractivity contribution in [2.45, 2.75) is 32.1 Å². The van der Waals surface area contributed by atoms with Gasteiger partial charge in [0.05, 0.1) is 5.41 Å². The van der Waals surface area contributed by atoms with Crippen molar-refractivity contribution in [1.82, 2.24) is 10.6 Å². The second-order valence-electron chi connectivity index (χ2n) is 4.66. The molecule has 0 spiro atoms. The zero-order valence-electron chi connectivity index (χ0n) is 11.9. The van der Waals surface area contributed by atoms with E-state index < -0.39 is 5.41 Å². The Morgan fingerprint density at radius 3 is 2.21 bits per heavy atom. The molecular weight excluding hydrogens is 260 g/mol. The summed E-state index contributed by atoms with van der Waals surface area (Å²) in [5, 5.41) is 6.73. The maximum Gasteiger partial charge on any atom is 0.230 e. The zero-order valence-corrected chi connectivity index (χ0v) is 12.7. The molecular formula is C15H23ClN2O. The highest BCUT2D eigenvalue weighted by molar-refractivity contribution is 6.30. The highest BCUT2D eigenvalue weighted by Gasteiger charge is 2.36. The van der Waals surface area contributed by atoms with Crippen LogP contribution in [0, 0.1) is 0 Å². The van der Waals surface area contributed by atoms with Gasteiger partial charge in [-0.25, -0.2) is 0 Å². The van der Waals surface area contributed by atoms with Gasteiger partial charge in [-0.05, 0) is 37.6 Å². The molecule has 1 aromatic carbocycles. The van der Waals surface area contributed by atoms with Crippen LogP contribution in [-0.2, 0) is 10.2 Å². The van der Waals surface area contributed by atoms with Crippen LogP contribution < -0.4 is 10.6 Å². The standard InChI is InChI=1S/C15H23ClN2O/c1-4-15(5-2,14(19)18-11-10-17-3)12-6-8-13(16)9-7-12/h6-9,17H,4-5,10-11H2,1-3H3,(H,18,19). The molecule has 0 aliphatic heterocycles. The van der Waals surface area contributed by atoms with E-state index in [1.54, 1.807) is 0 Å². The number of nitrogens with one attached hydrogen (secondary N) is 2. The van der Waals surface area contributed by atoms with Crippen LogP contribution in [0.25, 0.3) is 0 Å². The number of amides is 1. The van der Waals surface area contributed by atoms with Crippen LogP contribution >= 0.6 is 11.6 Å². The molecule has 0 aromatic heterocycles. The van der Waals surface area contributed by atoms with E-state index in [9.17, 15) is 4.79 Å². The number of likely N-dealkylation sites (N-methyl/N-ethyl adjacent to an activating group) is 1. The first-order valence-corrected chi connectivity index (χ1v) is 7.17. The lowest BCUT2D eigenvalue weighted by molar-refractivity contribution is -0.127. The molecule has 0 radical (unpaired) electrons. The third kappa shape index (κ3) is 3.71. The molecule has 19 heavy (non-hydrogen) atoms. The first-order valence-electron chi connectivity index (χ1n) is 6.79. The maximum absolute atomic E-state index is 12.5. The Kier molecular flexibility index (Phi) is 6.32. The number of carbonyl (C=O) groups is 1. The number of carbonyl (C=O) groups excluding carboxylic acids is 1. The molecule has 3 nitrogen and oxygen atoms in total. The van der Waals surface area contributed by atoms with Gasteiger partial charge in [0.25, 0.3) is 0 Å². The van der Waals surface area contributed by atoms with E-state index >= 15 is 0 Å². The SMILES string of the molecule is CCC(CC)(C(=O)NCCNC)c1ccc(Cl)cc1. The monoisotopic (exact) mass is 282 g/mol. The molecule has 0 unspecified atom stereocenters. The van der Waals surface area contributed by atoms with Crippen molar-refractivity contribution >= 4 is 17.5 Å². The second kappa shape index (κ2) is 7.51. The summed E-state index contributed by atoms with van der Waals surface area (Å²) < 4.78 is 0. The van der Waals surface area contributed by atoms with E-state index in [0.717, 1.165) is 24.9 Å². The number of rotatable bonds is 7. The van der Waals surface area contributed by atoms with Crippen LogP contribution in [0.2, 0.25) is 5.02 Å². The van der Waals surface area contributed by atoms with Crippen LogP contribution in [-0.4, -0.2) is 26.0 Å². The molecule has 106 valence electrons. The van der Waals surface area contributed by atoms with Gasteiger partial charge in [-0.15, -0.1) is 0 Å². The number of halogens is 1. The van der Waals surface area contributed by atoms with Gasteiger partial charge in [0.15, 0.2) is 0 Å². The summed E-state index contributed by atoms with van der Waals surface area (Å²) in [5.74, 6) is 0.0927. The average Bonchev–Trinajstić information content (AvgIpc) is 2.43. The number of hydrogen-bond donors (Lipinski definition) is 2. The Morgan fingerprint density at radius 1 is 1.16 bits per heavy atom. The van der Waals surface area contributed by atoms with Crippen LogP contribution in [0.15, 0.2) is 24.3 Å². The minimum atomic E-state index is -0.460. The van der Waals surface area contributed by atoms with E-state index in [1.165, 1.54) is 0 Å². The number of hydrogen-bond acceptors (Lipinski definition) is 2. The Morgan fingerprint density at radius 2 is 1.74 bits per heavy atom. The van der Waals surface area contributed by atoms with Crippen molar-refractivity contribution in [2.24, 2.45) is 0 Å². The summed E-state index contributed by atoms with van der Waals surface area (Å²) in [4.78, 5) is 12.5. The van der Waals surface area contributed by atoms with E-state index in [0.29, 0.717) is 11.6 Å². The minimum Gasteiger partial charge on any atom is -0.354 e. The smallest absolute Gasteiger partial charge is 0.230 e. The molecule has 0 heterocycles. The van der Waals surface area contributed by atoms with Crippen molar-refractivity contribution in [3.63, 3.8) is 0 Å². The molecule has 1 rings (SSSR count). The lowest BCUT2D eigenvalue weighted by Crippen LogP contribution is -2.45. The summed E-state index contributed by atoms with van der Waals surface area (Å²) in [7, 11) is 1.87. The second-order valence-corrected chi connectivity index (χ2v) is 5.09. The van der Waals surface area contributed by atoms with Gasteiger partial charge in [-0.1, -0.05) is 37.6 Å². The van der Waals surface area contributed by atoms with E-state index in [2.05, 4.69) is 24.5 Å². The predicted molar refractivity (Wildman–Crippen MR) is 80.6 cm³/mol. The van der Waals surface area contributed by atoms with E-state index in [-0.39, 0.29) is 5.91 Å². The fourth-order valence-electron chi connectivity index (χ4n) is 2.35. The lowest BCUT2D eigenvalue weighted by Gasteiger charge is -2.31. The summed E-state index contributed by atoms with van der Waals surface area (Å²) in [6.07, 6.45) is 1.55. The molecule has 1 aromatic rings. The fraction of sp³-hybridized carbons (Fsp3) is 0.533. The molecule has 0 aliphatic carbocycles. The normalized spacial score (nSPS) is 11.4. The number of benzene rings is 1. The fourth-order valence-corrected chi connectivity index (χ4v) is 2.48.